The molecular formula is C21H23N5O5. The number of ether oxygens (including phenoxy) is 3. The van der Waals surface area contributed by atoms with Gasteiger partial charge < -0.3 is 19.5 Å². The van der Waals surface area contributed by atoms with Gasteiger partial charge in [0, 0.05) is 17.8 Å². The fourth-order valence-corrected chi connectivity index (χ4v) is 2.84. The van der Waals surface area contributed by atoms with Crippen LogP contribution in [0.3, 0.4) is 0 Å². The first-order valence-corrected chi connectivity index (χ1v) is 9.70. The summed E-state index contributed by atoms with van der Waals surface area (Å²) in [5.41, 5.74) is 1.62. The average molecular weight is 425 g/mol. The number of esters is 1. The molecule has 0 aliphatic heterocycles. The van der Waals surface area contributed by atoms with Crippen LogP contribution in [0.5, 0.6) is 11.6 Å². The van der Waals surface area contributed by atoms with Crippen molar-refractivity contribution in [2.75, 3.05) is 25.6 Å². The SMILES string of the molecule is CCOC(=O)COc1cccc(NC(=O)c2cnn(-c3ccc(OC)nn3)c2CC)c1. The molecule has 162 valence electrons. The molecule has 0 spiro atoms. The third kappa shape index (κ3) is 5.35. The predicted molar refractivity (Wildman–Crippen MR) is 112 cm³/mol. The highest BCUT2D eigenvalue weighted by atomic mass is 16.6. The van der Waals surface area contributed by atoms with Crippen LogP contribution in [-0.2, 0) is 16.0 Å². The van der Waals surface area contributed by atoms with Crippen molar-refractivity contribution in [2.24, 2.45) is 0 Å². The Morgan fingerprint density at radius 3 is 2.65 bits per heavy atom. The summed E-state index contributed by atoms with van der Waals surface area (Å²) < 4.78 is 16.8. The second-order valence-electron chi connectivity index (χ2n) is 6.28. The van der Waals surface area contributed by atoms with E-state index >= 15 is 0 Å². The molecule has 0 saturated heterocycles. The number of carbonyl (C=O) groups excluding carboxylic acids is 2. The van der Waals surface area contributed by atoms with E-state index in [1.807, 2.05) is 6.92 Å². The van der Waals surface area contributed by atoms with Gasteiger partial charge in [0.15, 0.2) is 12.4 Å². The lowest BCUT2D eigenvalue weighted by Gasteiger charge is -2.10. The average Bonchev–Trinajstić information content (AvgIpc) is 3.22. The summed E-state index contributed by atoms with van der Waals surface area (Å²) >= 11 is 0. The highest BCUT2D eigenvalue weighted by Crippen LogP contribution is 2.20. The van der Waals surface area contributed by atoms with Crippen molar-refractivity contribution in [1.29, 1.82) is 0 Å². The van der Waals surface area contributed by atoms with E-state index in [0.29, 0.717) is 40.8 Å². The standard InChI is InChI=1S/C21H23N5O5/c1-4-17-16(12-22-26(17)18-9-10-19(29-3)25-24-18)21(28)23-14-7-6-8-15(11-14)31-13-20(27)30-5-2/h6-12H,4-5,13H2,1-3H3,(H,23,28). The Labute approximate surface area is 179 Å². The Kier molecular flexibility index (Phi) is 7.15. The summed E-state index contributed by atoms with van der Waals surface area (Å²) in [6, 6.07) is 10.1. The van der Waals surface area contributed by atoms with Crippen molar-refractivity contribution in [3.8, 4) is 17.4 Å². The largest absolute Gasteiger partial charge is 0.482 e. The zero-order chi connectivity index (χ0) is 22.2. The second-order valence-corrected chi connectivity index (χ2v) is 6.28. The highest BCUT2D eigenvalue weighted by molar-refractivity contribution is 6.05. The monoisotopic (exact) mass is 425 g/mol. The van der Waals surface area contributed by atoms with E-state index in [4.69, 9.17) is 14.2 Å². The minimum absolute atomic E-state index is 0.207. The first kappa shape index (κ1) is 21.8. The van der Waals surface area contributed by atoms with E-state index < -0.39 is 5.97 Å². The number of nitrogens with one attached hydrogen (secondary N) is 1. The molecule has 0 radical (unpaired) electrons. The molecule has 3 rings (SSSR count). The van der Waals surface area contributed by atoms with E-state index in [2.05, 4.69) is 20.6 Å². The summed E-state index contributed by atoms with van der Waals surface area (Å²) in [5.74, 6) is 0.513. The van der Waals surface area contributed by atoms with E-state index in [-0.39, 0.29) is 19.1 Å². The third-order valence-electron chi connectivity index (χ3n) is 4.25. The van der Waals surface area contributed by atoms with E-state index in [1.165, 1.54) is 13.3 Å². The molecule has 0 aliphatic rings. The molecule has 0 bridgehead atoms. The first-order chi connectivity index (χ1) is 15.0. The number of anilines is 1. The number of hydrogen-bond acceptors (Lipinski definition) is 8. The molecular weight excluding hydrogens is 402 g/mol. The van der Waals surface area contributed by atoms with Gasteiger partial charge in [0.2, 0.25) is 5.88 Å². The van der Waals surface area contributed by atoms with Gasteiger partial charge in [-0.1, -0.05) is 13.0 Å². The molecule has 0 aliphatic carbocycles. The van der Waals surface area contributed by atoms with Crippen molar-refractivity contribution in [3.05, 3.63) is 53.9 Å². The number of carbonyl (C=O) groups is 2. The smallest absolute Gasteiger partial charge is 0.344 e. The summed E-state index contributed by atoms with van der Waals surface area (Å²) in [4.78, 5) is 24.3. The maximum Gasteiger partial charge on any atom is 0.344 e. The molecule has 0 saturated carbocycles. The van der Waals surface area contributed by atoms with Crippen LogP contribution in [0.2, 0.25) is 0 Å². The van der Waals surface area contributed by atoms with Crippen LogP contribution in [0.4, 0.5) is 5.69 Å². The van der Waals surface area contributed by atoms with Crippen LogP contribution in [0.1, 0.15) is 29.9 Å². The van der Waals surface area contributed by atoms with Crippen LogP contribution in [-0.4, -0.2) is 52.2 Å². The van der Waals surface area contributed by atoms with Gasteiger partial charge in [0.1, 0.15) is 5.75 Å². The van der Waals surface area contributed by atoms with Gasteiger partial charge in [-0.2, -0.15) is 5.10 Å². The molecule has 1 aromatic carbocycles. The topological polar surface area (TPSA) is 117 Å². The molecule has 0 atom stereocenters. The molecule has 1 amide bonds. The number of amides is 1. The molecule has 0 fully saturated rings. The molecule has 2 heterocycles. The van der Waals surface area contributed by atoms with E-state index in [1.54, 1.807) is 48.0 Å². The van der Waals surface area contributed by atoms with E-state index in [0.717, 1.165) is 0 Å². The summed E-state index contributed by atoms with van der Waals surface area (Å²) in [5, 5.41) is 15.1. The minimum atomic E-state index is -0.460. The fourth-order valence-electron chi connectivity index (χ4n) is 2.84. The third-order valence-corrected chi connectivity index (χ3v) is 4.25. The van der Waals surface area contributed by atoms with Crippen LogP contribution in [0, 0.1) is 0 Å². The minimum Gasteiger partial charge on any atom is -0.482 e. The lowest BCUT2D eigenvalue weighted by Crippen LogP contribution is -2.16. The zero-order valence-corrected chi connectivity index (χ0v) is 17.5. The number of nitrogens with zero attached hydrogens (tertiary/aromatic N) is 4. The molecule has 10 nitrogen and oxygen atoms in total. The number of rotatable bonds is 9. The molecule has 0 unspecified atom stereocenters. The van der Waals surface area contributed by atoms with Crippen LogP contribution in [0.25, 0.3) is 5.82 Å². The van der Waals surface area contributed by atoms with Crippen molar-refractivity contribution in [1.82, 2.24) is 20.0 Å². The molecule has 3 aromatic rings. The summed E-state index contributed by atoms with van der Waals surface area (Å²) in [6.07, 6.45) is 2.04. The number of aromatic nitrogens is 4. The van der Waals surface area contributed by atoms with Crippen LogP contribution in [0.15, 0.2) is 42.6 Å². The predicted octanol–water partition coefficient (Wildman–Crippen LogP) is 2.43. The van der Waals surface area contributed by atoms with Crippen molar-refractivity contribution < 1.29 is 23.8 Å². The van der Waals surface area contributed by atoms with Crippen molar-refractivity contribution in [3.63, 3.8) is 0 Å². The number of benzene rings is 1. The Morgan fingerprint density at radius 1 is 1.13 bits per heavy atom. The molecule has 10 heteroatoms. The lowest BCUT2D eigenvalue weighted by atomic mass is 10.2. The summed E-state index contributed by atoms with van der Waals surface area (Å²) in [7, 11) is 1.51. The molecule has 2 aromatic heterocycles. The highest BCUT2D eigenvalue weighted by Gasteiger charge is 2.18. The van der Waals surface area contributed by atoms with Crippen molar-refractivity contribution in [2.45, 2.75) is 20.3 Å². The lowest BCUT2D eigenvalue weighted by molar-refractivity contribution is -0.145. The number of hydrogen-bond donors (Lipinski definition) is 1. The van der Waals surface area contributed by atoms with Gasteiger partial charge in [-0.3, -0.25) is 4.79 Å². The van der Waals surface area contributed by atoms with Gasteiger partial charge in [-0.25, -0.2) is 9.48 Å². The van der Waals surface area contributed by atoms with Gasteiger partial charge >= 0.3 is 5.97 Å². The van der Waals surface area contributed by atoms with Crippen LogP contribution < -0.4 is 14.8 Å². The maximum atomic E-state index is 12.9. The molecule has 31 heavy (non-hydrogen) atoms. The van der Waals surface area contributed by atoms with E-state index in [9.17, 15) is 9.59 Å². The van der Waals surface area contributed by atoms with Gasteiger partial charge in [-0.05, 0) is 31.5 Å². The zero-order valence-electron chi connectivity index (χ0n) is 17.5. The second kappa shape index (κ2) is 10.2. The van der Waals surface area contributed by atoms with Crippen molar-refractivity contribution >= 4 is 17.6 Å². The Balaban J connectivity index is 1.74. The molecule has 1 N–H and O–H groups in total. The Morgan fingerprint density at radius 2 is 1.97 bits per heavy atom. The van der Waals surface area contributed by atoms with Gasteiger partial charge in [0.05, 0.1) is 31.2 Å². The maximum absolute atomic E-state index is 12.9. The number of methoxy groups -OCH3 is 1. The van der Waals surface area contributed by atoms with Crippen LogP contribution >= 0.6 is 0 Å². The summed E-state index contributed by atoms with van der Waals surface area (Å²) in [6.45, 7) is 3.72. The Bertz CT molecular complexity index is 1050. The van der Waals surface area contributed by atoms with Gasteiger partial charge in [-0.15, -0.1) is 10.2 Å². The first-order valence-electron chi connectivity index (χ1n) is 9.70. The Hall–Kier alpha value is -3.95. The van der Waals surface area contributed by atoms with Gasteiger partial charge in [0.25, 0.3) is 5.91 Å². The quantitative estimate of drug-likeness (QED) is 0.520. The fraction of sp³-hybridized carbons (Fsp3) is 0.286. The normalized spacial score (nSPS) is 10.4.